The minimum absolute atomic E-state index is 0.0577. The van der Waals surface area contributed by atoms with Gasteiger partial charge in [-0.05, 0) is 37.0 Å². The Balaban J connectivity index is 2.09. The van der Waals surface area contributed by atoms with Gasteiger partial charge in [0.15, 0.2) is 0 Å². The molecule has 1 saturated heterocycles. The number of amides is 1. The average molecular weight is 262 g/mol. The number of rotatable bonds is 3. The van der Waals surface area contributed by atoms with Crippen molar-refractivity contribution in [3.05, 3.63) is 29.3 Å². The van der Waals surface area contributed by atoms with Crippen molar-refractivity contribution in [1.82, 2.24) is 4.90 Å². The van der Waals surface area contributed by atoms with E-state index in [0.29, 0.717) is 24.3 Å². The van der Waals surface area contributed by atoms with E-state index in [4.69, 9.17) is 10.8 Å². The third kappa shape index (κ3) is 2.86. The number of nitrogens with two attached hydrogens (primary N) is 1. The summed E-state index contributed by atoms with van der Waals surface area (Å²) >= 11 is 0. The average Bonchev–Trinajstić information content (AvgIpc) is 2.79. The molecule has 1 aromatic carbocycles. The summed E-state index contributed by atoms with van der Waals surface area (Å²) in [6.07, 6.45) is 0.874. The number of hydrogen-bond acceptors (Lipinski definition) is 3. The van der Waals surface area contributed by atoms with Crippen molar-refractivity contribution >= 4 is 17.6 Å². The fraction of sp³-hybridized carbons (Fsp3) is 0.429. The molecule has 1 aromatic rings. The maximum absolute atomic E-state index is 12.4. The summed E-state index contributed by atoms with van der Waals surface area (Å²) in [5, 5.41) is 8.78. The monoisotopic (exact) mass is 262 g/mol. The fourth-order valence-corrected chi connectivity index (χ4v) is 2.49. The van der Waals surface area contributed by atoms with Gasteiger partial charge in [-0.3, -0.25) is 9.59 Å². The predicted molar refractivity (Wildman–Crippen MR) is 71.9 cm³/mol. The molecule has 1 unspecified atom stereocenters. The van der Waals surface area contributed by atoms with Gasteiger partial charge in [0.05, 0.1) is 0 Å². The Morgan fingerprint density at radius 2 is 2.21 bits per heavy atom. The van der Waals surface area contributed by atoms with E-state index in [1.807, 2.05) is 6.92 Å². The van der Waals surface area contributed by atoms with Crippen LogP contribution in [0, 0.1) is 12.8 Å². The van der Waals surface area contributed by atoms with Crippen LogP contribution in [-0.4, -0.2) is 35.0 Å². The quantitative estimate of drug-likeness (QED) is 0.809. The molecule has 0 spiro atoms. The highest BCUT2D eigenvalue weighted by Crippen LogP contribution is 2.24. The molecule has 102 valence electrons. The second-order valence-electron chi connectivity index (χ2n) is 5.02. The van der Waals surface area contributed by atoms with Gasteiger partial charge in [0.2, 0.25) is 0 Å². The molecular weight excluding hydrogens is 244 g/mol. The van der Waals surface area contributed by atoms with Crippen LogP contribution < -0.4 is 5.73 Å². The summed E-state index contributed by atoms with van der Waals surface area (Å²) in [7, 11) is 0. The van der Waals surface area contributed by atoms with Crippen LogP contribution in [0.5, 0.6) is 0 Å². The van der Waals surface area contributed by atoms with Crippen LogP contribution in [-0.2, 0) is 4.79 Å². The number of carbonyl (C=O) groups excluding carboxylic acids is 1. The lowest BCUT2D eigenvalue weighted by atomic mass is 10.0. The Morgan fingerprint density at radius 1 is 1.47 bits per heavy atom. The smallest absolute Gasteiger partial charge is 0.303 e. The molecule has 1 heterocycles. The van der Waals surface area contributed by atoms with Gasteiger partial charge >= 0.3 is 5.97 Å². The number of hydrogen-bond donors (Lipinski definition) is 2. The molecule has 0 aliphatic carbocycles. The van der Waals surface area contributed by atoms with E-state index in [2.05, 4.69) is 0 Å². The predicted octanol–water partition coefficient (Wildman–Crippen LogP) is 1.51. The van der Waals surface area contributed by atoms with E-state index in [9.17, 15) is 9.59 Å². The van der Waals surface area contributed by atoms with Crippen LogP contribution in [0.15, 0.2) is 18.2 Å². The van der Waals surface area contributed by atoms with Crippen molar-refractivity contribution in [3.63, 3.8) is 0 Å². The Labute approximate surface area is 112 Å². The molecule has 19 heavy (non-hydrogen) atoms. The normalized spacial score (nSPS) is 18.6. The number of benzene rings is 1. The minimum atomic E-state index is -0.806. The van der Waals surface area contributed by atoms with Crippen molar-refractivity contribution in [1.29, 1.82) is 0 Å². The van der Waals surface area contributed by atoms with Gasteiger partial charge in [0.25, 0.3) is 5.91 Å². The zero-order valence-electron chi connectivity index (χ0n) is 10.9. The summed E-state index contributed by atoms with van der Waals surface area (Å²) in [5.74, 6) is -0.806. The van der Waals surface area contributed by atoms with Gasteiger partial charge in [-0.2, -0.15) is 0 Å². The summed E-state index contributed by atoms with van der Waals surface area (Å²) in [5.41, 5.74) is 7.80. The standard InChI is InChI=1S/C14H18N2O3/c1-9-11(3-2-4-12(9)15)14(19)16-6-5-10(8-16)7-13(17)18/h2-4,10H,5-8,15H2,1H3,(H,17,18). The van der Waals surface area contributed by atoms with E-state index in [0.717, 1.165) is 12.0 Å². The highest BCUT2D eigenvalue weighted by molar-refractivity contribution is 5.97. The van der Waals surface area contributed by atoms with Crippen LogP contribution in [0.4, 0.5) is 5.69 Å². The van der Waals surface area contributed by atoms with E-state index < -0.39 is 5.97 Å². The Hall–Kier alpha value is -2.04. The van der Waals surface area contributed by atoms with Crippen molar-refractivity contribution in [2.24, 2.45) is 5.92 Å². The Kier molecular flexibility index (Phi) is 3.74. The van der Waals surface area contributed by atoms with Crippen molar-refractivity contribution in [2.45, 2.75) is 19.8 Å². The number of likely N-dealkylation sites (tertiary alicyclic amines) is 1. The maximum Gasteiger partial charge on any atom is 0.303 e. The number of nitrogen functional groups attached to an aromatic ring is 1. The van der Waals surface area contributed by atoms with Crippen LogP contribution in [0.1, 0.15) is 28.8 Å². The second kappa shape index (κ2) is 5.30. The van der Waals surface area contributed by atoms with Gasteiger partial charge in [-0.25, -0.2) is 0 Å². The van der Waals surface area contributed by atoms with Gasteiger partial charge < -0.3 is 15.7 Å². The minimum Gasteiger partial charge on any atom is -0.481 e. The molecule has 0 aromatic heterocycles. The first-order chi connectivity index (χ1) is 8.99. The van der Waals surface area contributed by atoms with Crippen LogP contribution >= 0.6 is 0 Å². The first kappa shape index (κ1) is 13.4. The van der Waals surface area contributed by atoms with Gasteiger partial charge in [-0.1, -0.05) is 6.07 Å². The second-order valence-corrected chi connectivity index (χ2v) is 5.02. The van der Waals surface area contributed by atoms with E-state index in [-0.39, 0.29) is 18.2 Å². The first-order valence-corrected chi connectivity index (χ1v) is 6.35. The molecule has 5 nitrogen and oxygen atoms in total. The molecule has 5 heteroatoms. The van der Waals surface area contributed by atoms with Gasteiger partial charge in [-0.15, -0.1) is 0 Å². The zero-order valence-corrected chi connectivity index (χ0v) is 10.9. The van der Waals surface area contributed by atoms with Crippen LogP contribution in [0.3, 0.4) is 0 Å². The molecule has 1 fully saturated rings. The first-order valence-electron chi connectivity index (χ1n) is 6.35. The molecule has 0 radical (unpaired) electrons. The summed E-state index contributed by atoms with van der Waals surface area (Å²) in [6, 6.07) is 5.29. The molecule has 3 N–H and O–H groups in total. The molecule has 0 bridgehead atoms. The molecule has 1 aliphatic heterocycles. The Morgan fingerprint density at radius 3 is 2.89 bits per heavy atom. The number of carboxylic acid groups (broad SMARTS) is 1. The molecule has 0 saturated carbocycles. The summed E-state index contributed by atoms with van der Waals surface area (Å²) in [4.78, 5) is 24.8. The number of nitrogens with zero attached hydrogens (tertiary/aromatic N) is 1. The highest BCUT2D eigenvalue weighted by Gasteiger charge is 2.29. The zero-order chi connectivity index (χ0) is 14.0. The van der Waals surface area contributed by atoms with E-state index >= 15 is 0 Å². The van der Waals surface area contributed by atoms with E-state index in [1.54, 1.807) is 23.1 Å². The SMILES string of the molecule is Cc1c(N)cccc1C(=O)N1CCC(CC(=O)O)C1. The third-order valence-electron chi connectivity index (χ3n) is 3.64. The number of anilines is 1. The Bertz CT molecular complexity index is 513. The van der Waals surface area contributed by atoms with Crippen molar-refractivity contribution in [2.75, 3.05) is 18.8 Å². The lowest BCUT2D eigenvalue weighted by molar-refractivity contribution is -0.138. The summed E-state index contributed by atoms with van der Waals surface area (Å²) < 4.78 is 0. The molecule has 1 aliphatic rings. The van der Waals surface area contributed by atoms with Crippen molar-refractivity contribution in [3.8, 4) is 0 Å². The molecular formula is C14H18N2O3. The fourth-order valence-electron chi connectivity index (χ4n) is 2.49. The van der Waals surface area contributed by atoms with Crippen LogP contribution in [0.25, 0.3) is 0 Å². The lowest BCUT2D eigenvalue weighted by Gasteiger charge is -2.18. The topological polar surface area (TPSA) is 83.6 Å². The maximum atomic E-state index is 12.4. The number of aliphatic carboxylic acids is 1. The largest absolute Gasteiger partial charge is 0.481 e. The number of carbonyl (C=O) groups is 2. The highest BCUT2D eigenvalue weighted by atomic mass is 16.4. The summed E-state index contributed by atoms with van der Waals surface area (Å²) in [6.45, 7) is 2.96. The molecule has 1 amide bonds. The molecule has 2 rings (SSSR count). The van der Waals surface area contributed by atoms with E-state index in [1.165, 1.54) is 0 Å². The van der Waals surface area contributed by atoms with Crippen molar-refractivity contribution < 1.29 is 14.7 Å². The van der Waals surface area contributed by atoms with Gasteiger partial charge in [0, 0.05) is 30.8 Å². The third-order valence-corrected chi connectivity index (χ3v) is 3.64. The molecule has 1 atom stereocenters. The van der Waals surface area contributed by atoms with Gasteiger partial charge in [0.1, 0.15) is 0 Å². The number of carboxylic acids is 1. The lowest BCUT2D eigenvalue weighted by Crippen LogP contribution is -2.29. The van der Waals surface area contributed by atoms with Crippen LogP contribution in [0.2, 0.25) is 0 Å².